The summed E-state index contributed by atoms with van der Waals surface area (Å²) in [5.74, 6) is 1.57. The van der Waals surface area contributed by atoms with E-state index in [4.69, 9.17) is 19.2 Å². The molecule has 0 saturated carbocycles. The Labute approximate surface area is 175 Å². The van der Waals surface area contributed by atoms with Gasteiger partial charge in [-0.3, -0.25) is 4.79 Å². The molecule has 2 fully saturated rings. The minimum absolute atomic E-state index is 0.000329. The summed E-state index contributed by atoms with van der Waals surface area (Å²) in [6.45, 7) is 3.02. The Kier molecular flexibility index (Phi) is 6.27. The zero-order valence-corrected chi connectivity index (χ0v) is 17.3. The molecule has 4 heterocycles. The third-order valence-corrected chi connectivity index (χ3v) is 5.59. The second-order valence-corrected chi connectivity index (χ2v) is 7.48. The average Bonchev–Trinajstić information content (AvgIpc) is 3.27. The van der Waals surface area contributed by atoms with E-state index in [1.807, 2.05) is 12.3 Å². The van der Waals surface area contributed by atoms with Crippen molar-refractivity contribution in [2.45, 2.75) is 31.2 Å². The molecule has 0 aliphatic carbocycles. The molecular formula is C21H27N5O4. The second-order valence-electron chi connectivity index (χ2n) is 7.48. The summed E-state index contributed by atoms with van der Waals surface area (Å²) in [7, 11) is 3.01. The molecule has 2 aromatic heterocycles. The predicted octanol–water partition coefficient (Wildman–Crippen LogP) is 1.79. The molecule has 1 amide bonds. The first-order valence-corrected chi connectivity index (χ1v) is 10.2. The molecule has 4 rings (SSSR count). The van der Waals surface area contributed by atoms with Crippen molar-refractivity contribution < 1.29 is 19.0 Å². The van der Waals surface area contributed by atoms with E-state index in [-0.39, 0.29) is 17.8 Å². The quantitative estimate of drug-likeness (QED) is 0.765. The molecule has 2 aromatic rings. The number of nitrogens with zero attached hydrogens (tertiary/aromatic N) is 4. The lowest BCUT2D eigenvalue weighted by Gasteiger charge is -2.23. The fraction of sp³-hybridized carbons (Fsp3) is 0.524. The van der Waals surface area contributed by atoms with Crippen molar-refractivity contribution in [2.24, 2.45) is 0 Å². The van der Waals surface area contributed by atoms with Crippen LogP contribution in [-0.2, 0) is 4.74 Å². The van der Waals surface area contributed by atoms with Crippen molar-refractivity contribution in [1.29, 1.82) is 0 Å². The van der Waals surface area contributed by atoms with Gasteiger partial charge in [0.2, 0.25) is 17.7 Å². The van der Waals surface area contributed by atoms with Crippen molar-refractivity contribution in [3.05, 3.63) is 35.7 Å². The molecule has 160 valence electrons. The molecule has 0 bridgehead atoms. The fourth-order valence-electron chi connectivity index (χ4n) is 3.92. The van der Waals surface area contributed by atoms with Gasteiger partial charge in [-0.2, -0.15) is 4.98 Å². The summed E-state index contributed by atoms with van der Waals surface area (Å²) in [5.41, 5.74) is 1.46. The van der Waals surface area contributed by atoms with Crippen LogP contribution in [0.4, 0.5) is 5.95 Å². The lowest BCUT2D eigenvalue weighted by Crippen LogP contribution is -2.37. The first-order chi connectivity index (χ1) is 14.7. The van der Waals surface area contributed by atoms with Crippen molar-refractivity contribution in [3.8, 4) is 11.8 Å². The highest BCUT2D eigenvalue weighted by Crippen LogP contribution is 2.27. The van der Waals surface area contributed by atoms with Gasteiger partial charge in [-0.25, -0.2) is 9.97 Å². The number of nitrogens with one attached hydrogen (secondary N) is 1. The highest BCUT2D eigenvalue weighted by molar-refractivity contribution is 5.96. The third kappa shape index (κ3) is 4.46. The maximum absolute atomic E-state index is 12.8. The lowest BCUT2D eigenvalue weighted by atomic mass is 9.96. The summed E-state index contributed by atoms with van der Waals surface area (Å²) >= 11 is 0. The van der Waals surface area contributed by atoms with Crippen molar-refractivity contribution >= 4 is 11.9 Å². The van der Waals surface area contributed by atoms with Crippen LogP contribution in [0.25, 0.3) is 0 Å². The Morgan fingerprint density at radius 3 is 2.73 bits per heavy atom. The minimum Gasteiger partial charge on any atom is -0.481 e. The predicted molar refractivity (Wildman–Crippen MR) is 110 cm³/mol. The number of pyridine rings is 1. The zero-order valence-electron chi connectivity index (χ0n) is 17.3. The molecule has 9 heteroatoms. The van der Waals surface area contributed by atoms with Gasteiger partial charge in [0, 0.05) is 56.2 Å². The van der Waals surface area contributed by atoms with Crippen LogP contribution in [0.5, 0.6) is 11.8 Å². The molecular weight excluding hydrogens is 386 g/mol. The fourth-order valence-corrected chi connectivity index (χ4v) is 3.92. The topological polar surface area (TPSA) is 98.7 Å². The van der Waals surface area contributed by atoms with Gasteiger partial charge in [-0.15, -0.1) is 0 Å². The molecule has 2 aliphatic rings. The third-order valence-electron chi connectivity index (χ3n) is 5.59. The minimum atomic E-state index is -0.217. The molecule has 1 unspecified atom stereocenters. The van der Waals surface area contributed by atoms with Gasteiger partial charge >= 0.3 is 0 Å². The molecule has 0 radical (unpaired) electrons. The van der Waals surface area contributed by atoms with Gasteiger partial charge in [0.15, 0.2) is 0 Å². The molecule has 2 aliphatic heterocycles. The van der Waals surface area contributed by atoms with Crippen LogP contribution in [0.2, 0.25) is 0 Å². The molecule has 0 aromatic carbocycles. The van der Waals surface area contributed by atoms with E-state index >= 15 is 0 Å². The average molecular weight is 413 g/mol. The first kappa shape index (κ1) is 20.3. The van der Waals surface area contributed by atoms with Gasteiger partial charge in [-0.1, -0.05) is 0 Å². The van der Waals surface area contributed by atoms with E-state index in [1.54, 1.807) is 12.1 Å². The molecule has 0 spiro atoms. The Morgan fingerprint density at radius 2 is 1.97 bits per heavy atom. The van der Waals surface area contributed by atoms with E-state index in [9.17, 15) is 4.79 Å². The number of anilines is 1. The normalized spacial score (nSPS) is 19.5. The maximum atomic E-state index is 12.8. The molecule has 1 atom stereocenters. The van der Waals surface area contributed by atoms with E-state index in [0.29, 0.717) is 23.9 Å². The monoisotopic (exact) mass is 413 g/mol. The highest BCUT2D eigenvalue weighted by atomic mass is 16.5. The van der Waals surface area contributed by atoms with E-state index in [2.05, 4.69) is 20.2 Å². The Bertz CT molecular complexity index is 887. The molecule has 30 heavy (non-hydrogen) atoms. The number of rotatable bonds is 6. The SMILES string of the molecule is COc1ccc(C(=O)NC2CCN(c3nccc(C4CCOCC4)n3)C2)c(OC)n1. The Hall–Kier alpha value is -2.94. The summed E-state index contributed by atoms with van der Waals surface area (Å²) in [5, 5.41) is 3.07. The molecule has 1 N–H and O–H groups in total. The number of aromatic nitrogens is 3. The summed E-state index contributed by atoms with van der Waals surface area (Å²) in [4.78, 5) is 28.3. The summed E-state index contributed by atoms with van der Waals surface area (Å²) in [6, 6.07) is 5.30. The van der Waals surface area contributed by atoms with Gasteiger partial charge in [0.05, 0.1) is 14.2 Å². The second kappa shape index (κ2) is 9.25. The Balaban J connectivity index is 1.40. The van der Waals surface area contributed by atoms with Crippen LogP contribution < -0.4 is 19.7 Å². The van der Waals surface area contributed by atoms with E-state index in [0.717, 1.165) is 50.7 Å². The smallest absolute Gasteiger partial charge is 0.257 e. The number of amides is 1. The molecule has 2 saturated heterocycles. The largest absolute Gasteiger partial charge is 0.481 e. The summed E-state index contributed by atoms with van der Waals surface area (Å²) < 4.78 is 15.8. The number of methoxy groups -OCH3 is 2. The lowest BCUT2D eigenvalue weighted by molar-refractivity contribution is 0.0845. The molecule has 9 nitrogen and oxygen atoms in total. The van der Waals surface area contributed by atoms with E-state index < -0.39 is 0 Å². The first-order valence-electron chi connectivity index (χ1n) is 10.2. The zero-order chi connectivity index (χ0) is 20.9. The number of carbonyl (C=O) groups excluding carboxylic acids is 1. The van der Waals surface area contributed by atoms with Crippen LogP contribution >= 0.6 is 0 Å². The van der Waals surface area contributed by atoms with Gasteiger partial charge < -0.3 is 24.4 Å². The maximum Gasteiger partial charge on any atom is 0.257 e. The number of hydrogen-bond donors (Lipinski definition) is 1. The number of ether oxygens (including phenoxy) is 3. The van der Waals surface area contributed by atoms with Gasteiger partial charge in [0.1, 0.15) is 5.56 Å². The van der Waals surface area contributed by atoms with Crippen molar-refractivity contribution in [1.82, 2.24) is 20.3 Å². The number of hydrogen-bond acceptors (Lipinski definition) is 8. The van der Waals surface area contributed by atoms with Gasteiger partial charge in [0.25, 0.3) is 5.91 Å². The van der Waals surface area contributed by atoms with Crippen LogP contribution in [0.1, 0.15) is 41.2 Å². The van der Waals surface area contributed by atoms with E-state index in [1.165, 1.54) is 14.2 Å². The highest BCUT2D eigenvalue weighted by Gasteiger charge is 2.28. The number of carbonyl (C=O) groups is 1. The van der Waals surface area contributed by atoms with Crippen LogP contribution in [0, 0.1) is 0 Å². The van der Waals surface area contributed by atoms with Crippen molar-refractivity contribution in [2.75, 3.05) is 45.4 Å². The standard InChI is InChI=1S/C21H27N5O4/c1-28-18-4-3-16(20(25-18)29-2)19(27)23-15-6-10-26(13-15)21-22-9-5-17(24-21)14-7-11-30-12-8-14/h3-5,9,14-15H,6-8,10-13H2,1-2H3,(H,23,27). The summed E-state index contributed by atoms with van der Waals surface area (Å²) in [6.07, 6.45) is 4.63. The van der Waals surface area contributed by atoms with Crippen molar-refractivity contribution in [3.63, 3.8) is 0 Å². The van der Waals surface area contributed by atoms with Crippen LogP contribution in [0.3, 0.4) is 0 Å². The van der Waals surface area contributed by atoms with Gasteiger partial charge in [-0.05, 0) is 31.4 Å². The Morgan fingerprint density at radius 1 is 1.13 bits per heavy atom. The van der Waals surface area contributed by atoms with Crippen LogP contribution in [-0.4, -0.2) is 67.4 Å². The van der Waals surface area contributed by atoms with Crippen LogP contribution in [0.15, 0.2) is 24.4 Å².